The Balaban J connectivity index is 3.38. The summed E-state index contributed by atoms with van der Waals surface area (Å²) in [5, 5.41) is 2.82. The summed E-state index contributed by atoms with van der Waals surface area (Å²) in [6, 6.07) is -0.286. The zero-order valence-electron chi connectivity index (χ0n) is 8.72. The Morgan fingerprint density at radius 3 is 2.69 bits per heavy atom. The first-order chi connectivity index (χ1) is 6.22. The van der Waals surface area contributed by atoms with E-state index >= 15 is 0 Å². The summed E-state index contributed by atoms with van der Waals surface area (Å²) in [5.74, 6) is -0.0158. The molecule has 0 aromatic rings. The zero-order chi connectivity index (χ0) is 10.1. The van der Waals surface area contributed by atoms with E-state index in [1.165, 1.54) is 13.5 Å². The quantitative estimate of drug-likeness (QED) is 0.459. The van der Waals surface area contributed by atoms with Crippen LogP contribution in [0.25, 0.3) is 0 Å². The first-order valence-electron chi connectivity index (χ1n) is 4.78. The number of hydroxylamine groups is 1. The van der Waals surface area contributed by atoms with Crippen LogP contribution in [0.2, 0.25) is 0 Å². The second-order valence-corrected chi connectivity index (χ2v) is 3.04. The smallest absolute Gasteiger partial charge is 0.239 e. The van der Waals surface area contributed by atoms with Crippen molar-refractivity contribution in [2.45, 2.75) is 39.2 Å². The Morgan fingerprint density at radius 2 is 2.15 bits per heavy atom. The average molecular weight is 188 g/mol. The van der Waals surface area contributed by atoms with Crippen LogP contribution in [0.3, 0.4) is 0 Å². The molecule has 1 atom stereocenters. The molecule has 0 aliphatic heterocycles. The van der Waals surface area contributed by atoms with Crippen LogP contribution in [0.15, 0.2) is 0 Å². The van der Waals surface area contributed by atoms with Crippen molar-refractivity contribution in [3.8, 4) is 0 Å². The fourth-order valence-corrected chi connectivity index (χ4v) is 0.970. The molecule has 0 fully saturated rings. The van der Waals surface area contributed by atoms with E-state index in [1.54, 1.807) is 6.92 Å². The molecule has 0 rings (SSSR count). The Morgan fingerprint density at radius 1 is 1.46 bits per heavy atom. The molecule has 0 aromatic carbocycles. The van der Waals surface area contributed by atoms with Gasteiger partial charge in [-0.2, -0.15) is 5.48 Å². The molecule has 0 aliphatic carbocycles. The maximum Gasteiger partial charge on any atom is 0.239 e. The minimum Gasteiger partial charge on any atom is -0.355 e. The van der Waals surface area contributed by atoms with Gasteiger partial charge in [0.2, 0.25) is 5.91 Å². The molecule has 0 heterocycles. The lowest BCUT2D eigenvalue weighted by Crippen LogP contribution is -2.41. The van der Waals surface area contributed by atoms with Gasteiger partial charge in [-0.1, -0.05) is 19.8 Å². The van der Waals surface area contributed by atoms with Crippen molar-refractivity contribution in [3.63, 3.8) is 0 Å². The van der Waals surface area contributed by atoms with Gasteiger partial charge in [0.05, 0.1) is 7.11 Å². The predicted molar refractivity (Wildman–Crippen MR) is 52.1 cm³/mol. The predicted octanol–water partition coefficient (Wildman–Crippen LogP) is 0.832. The molecular weight excluding hydrogens is 168 g/mol. The van der Waals surface area contributed by atoms with Gasteiger partial charge < -0.3 is 10.2 Å². The van der Waals surface area contributed by atoms with Crippen molar-refractivity contribution in [2.75, 3.05) is 13.7 Å². The highest BCUT2D eigenvalue weighted by molar-refractivity contribution is 5.81. The number of rotatable bonds is 7. The van der Waals surface area contributed by atoms with Crippen molar-refractivity contribution < 1.29 is 9.63 Å². The van der Waals surface area contributed by atoms with Crippen LogP contribution in [0.4, 0.5) is 0 Å². The van der Waals surface area contributed by atoms with Gasteiger partial charge in [0.1, 0.15) is 6.04 Å². The molecule has 4 nitrogen and oxygen atoms in total. The topological polar surface area (TPSA) is 50.4 Å². The fraction of sp³-hybridized carbons (Fsp3) is 0.889. The van der Waals surface area contributed by atoms with Crippen LogP contribution in [-0.4, -0.2) is 25.6 Å². The number of nitrogens with one attached hydrogen (secondary N) is 2. The number of amides is 1. The van der Waals surface area contributed by atoms with E-state index in [0.29, 0.717) is 0 Å². The molecule has 0 aliphatic rings. The Kier molecular flexibility index (Phi) is 7.63. The molecular formula is C9H20N2O2. The molecule has 1 unspecified atom stereocenters. The van der Waals surface area contributed by atoms with Crippen molar-refractivity contribution in [1.82, 2.24) is 10.8 Å². The molecule has 0 radical (unpaired) electrons. The summed E-state index contributed by atoms with van der Waals surface area (Å²) >= 11 is 0. The maximum absolute atomic E-state index is 11.2. The fourth-order valence-electron chi connectivity index (χ4n) is 0.970. The third-order valence-electron chi connectivity index (χ3n) is 1.77. The average Bonchev–Trinajstić information content (AvgIpc) is 2.12. The highest BCUT2D eigenvalue weighted by Crippen LogP contribution is 1.91. The number of hydrogen-bond donors (Lipinski definition) is 2. The van der Waals surface area contributed by atoms with Gasteiger partial charge in [-0.25, -0.2) is 0 Å². The normalized spacial score (nSPS) is 12.5. The minimum absolute atomic E-state index is 0.0158. The molecule has 0 bridgehead atoms. The zero-order valence-corrected chi connectivity index (χ0v) is 8.72. The van der Waals surface area contributed by atoms with Crippen LogP contribution in [-0.2, 0) is 9.63 Å². The first-order valence-corrected chi connectivity index (χ1v) is 4.78. The molecule has 13 heavy (non-hydrogen) atoms. The van der Waals surface area contributed by atoms with Gasteiger partial charge in [0.25, 0.3) is 0 Å². The lowest BCUT2D eigenvalue weighted by molar-refractivity contribution is -0.125. The van der Waals surface area contributed by atoms with Crippen LogP contribution >= 0.6 is 0 Å². The van der Waals surface area contributed by atoms with Crippen molar-refractivity contribution in [1.29, 1.82) is 0 Å². The monoisotopic (exact) mass is 188 g/mol. The summed E-state index contributed by atoms with van der Waals surface area (Å²) in [6.07, 6.45) is 3.37. The number of hydrogen-bond acceptors (Lipinski definition) is 3. The maximum atomic E-state index is 11.2. The number of unbranched alkanes of at least 4 members (excludes halogenated alkanes) is 2. The third kappa shape index (κ3) is 6.54. The van der Waals surface area contributed by atoms with Gasteiger partial charge in [0, 0.05) is 6.54 Å². The Labute approximate surface area is 80.0 Å². The van der Waals surface area contributed by atoms with E-state index < -0.39 is 0 Å². The van der Waals surface area contributed by atoms with E-state index in [4.69, 9.17) is 0 Å². The summed E-state index contributed by atoms with van der Waals surface area (Å²) in [7, 11) is 1.50. The second-order valence-electron chi connectivity index (χ2n) is 3.04. The van der Waals surface area contributed by atoms with E-state index in [0.717, 1.165) is 19.4 Å². The molecule has 0 saturated heterocycles. The Bertz CT molecular complexity index is 140. The lowest BCUT2D eigenvalue weighted by Gasteiger charge is -2.11. The SMILES string of the molecule is CCCCCNC(=O)C(C)NOC. The molecule has 0 saturated carbocycles. The van der Waals surface area contributed by atoms with E-state index in [1.807, 2.05) is 0 Å². The van der Waals surface area contributed by atoms with Crippen molar-refractivity contribution in [2.24, 2.45) is 0 Å². The van der Waals surface area contributed by atoms with Crippen LogP contribution in [0.5, 0.6) is 0 Å². The Hall–Kier alpha value is -0.610. The second kappa shape index (κ2) is 8.01. The van der Waals surface area contributed by atoms with Gasteiger partial charge in [0.15, 0.2) is 0 Å². The van der Waals surface area contributed by atoms with E-state index in [2.05, 4.69) is 22.6 Å². The molecule has 4 heteroatoms. The molecule has 2 N–H and O–H groups in total. The standard InChI is InChI=1S/C9H20N2O2/c1-4-5-6-7-10-9(12)8(2)11-13-3/h8,11H,4-7H2,1-3H3,(H,10,12). The number of carbonyl (C=O) groups excluding carboxylic acids is 1. The summed E-state index contributed by atoms with van der Waals surface area (Å²) < 4.78 is 0. The summed E-state index contributed by atoms with van der Waals surface area (Å²) in [4.78, 5) is 15.9. The highest BCUT2D eigenvalue weighted by Gasteiger charge is 2.10. The molecule has 1 amide bonds. The molecule has 0 aromatic heterocycles. The number of carbonyl (C=O) groups is 1. The largest absolute Gasteiger partial charge is 0.355 e. The molecule has 78 valence electrons. The van der Waals surface area contributed by atoms with Crippen molar-refractivity contribution in [3.05, 3.63) is 0 Å². The van der Waals surface area contributed by atoms with Gasteiger partial charge in [-0.3, -0.25) is 4.79 Å². The van der Waals surface area contributed by atoms with Crippen LogP contribution in [0.1, 0.15) is 33.1 Å². The summed E-state index contributed by atoms with van der Waals surface area (Å²) in [5.41, 5.74) is 2.57. The van der Waals surface area contributed by atoms with Crippen LogP contribution < -0.4 is 10.8 Å². The summed E-state index contributed by atoms with van der Waals surface area (Å²) in [6.45, 7) is 4.65. The van der Waals surface area contributed by atoms with E-state index in [-0.39, 0.29) is 11.9 Å². The van der Waals surface area contributed by atoms with E-state index in [9.17, 15) is 4.79 Å². The van der Waals surface area contributed by atoms with Crippen molar-refractivity contribution >= 4 is 5.91 Å². The lowest BCUT2D eigenvalue weighted by atomic mass is 10.2. The van der Waals surface area contributed by atoms with Crippen LogP contribution in [0, 0.1) is 0 Å². The van der Waals surface area contributed by atoms with Gasteiger partial charge in [-0.15, -0.1) is 0 Å². The minimum atomic E-state index is -0.286. The van der Waals surface area contributed by atoms with Gasteiger partial charge in [-0.05, 0) is 13.3 Å². The molecule has 0 spiro atoms. The van der Waals surface area contributed by atoms with Gasteiger partial charge >= 0.3 is 0 Å². The highest BCUT2D eigenvalue weighted by atomic mass is 16.6. The third-order valence-corrected chi connectivity index (χ3v) is 1.77. The first kappa shape index (κ1) is 12.4.